The lowest BCUT2D eigenvalue weighted by Crippen LogP contribution is -2.20. The van der Waals surface area contributed by atoms with Crippen LogP contribution < -0.4 is 5.69 Å². The van der Waals surface area contributed by atoms with Crippen molar-refractivity contribution in [3.8, 4) is 10.4 Å². The molecule has 5 aromatic rings. The summed E-state index contributed by atoms with van der Waals surface area (Å²) in [5.41, 5.74) is 5.25. The summed E-state index contributed by atoms with van der Waals surface area (Å²) in [7, 11) is 0. The third kappa shape index (κ3) is 2.32. The van der Waals surface area contributed by atoms with E-state index < -0.39 is 0 Å². The molecule has 0 saturated heterocycles. The molecule has 2 saturated carbocycles. The highest BCUT2D eigenvalue weighted by Gasteiger charge is 2.32. The van der Waals surface area contributed by atoms with Crippen molar-refractivity contribution < 1.29 is 0 Å². The molecule has 5 aromatic heterocycles. The van der Waals surface area contributed by atoms with Gasteiger partial charge in [0.1, 0.15) is 5.65 Å². The number of hydrogen-bond donors (Lipinski definition) is 2. The van der Waals surface area contributed by atoms with Crippen LogP contribution in [0.2, 0.25) is 0 Å². The number of thiophene rings is 1. The van der Waals surface area contributed by atoms with E-state index >= 15 is 0 Å². The van der Waals surface area contributed by atoms with Crippen LogP contribution >= 0.6 is 11.3 Å². The molecular weight excluding hydrogens is 394 g/mol. The second kappa shape index (κ2) is 6.04. The van der Waals surface area contributed by atoms with E-state index in [9.17, 15) is 4.79 Å². The van der Waals surface area contributed by atoms with E-state index in [-0.39, 0.29) is 11.7 Å². The molecule has 7 heteroatoms. The first-order valence-corrected chi connectivity index (χ1v) is 11.6. The zero-order chi connectivity index (χ0) is 19.8. The second-order valence-corrected chi connectivity index (χ2v) is 9.78. The average molecular weight is 416 g/mol. The molecule has 0 radical (unpaired) electrons. The summed E-state index contributed by atoms with van der Waals surface area (Å²) in [6, 6.07) is 4.59. The molecule has 0 amide bonds. The van der Waals surface area contributed by atoms with Crippen molar-refractivity contribution in [3.05, 3.63) is 46.9 Å². The lowest BCUT2D eigenvalue weighted by Gasteiger charge is -2.12. The molecule has 150 valence electrons. The van der Waals surface area contributed by atoms with Gasteiger partial charge >= 0.3 is 5.69 Å². The van der Waals surface area contributed by atoms with Crippen LogP contribution in [0.15, 0.2) is 35.5 Å². The largest absolute Gasteiger partial charge is 0.342 e. The van der Waals surface area contributed by atoms with Crippen molar-refractivity contribution >= 4 is 43.5 Å². The lowest BCUT2D eigenvalue weighted by molar-refractivity contribution is 0.519. The molecule has 6 nitrogen and oxygen atoms in total. The summed E-state index contributed by atoms with van der Waals surface area (Å²) >= 11 is 1.80. The maximum atomic E-state index is 13.0. The quantitative estimate of drug-likeness (QED) is 0.410. The van der Waals surface area contributed by atoms with E-state index in [2.05, 4.69) is 27.1 Å². The Morgan fingerprint density at radius 2 is 1.97 bits per heavy atom. The molecule has 5 heterocycles. The normalized spacial score (nSPS) is 17.7. The Balaban J connectivity index is 1.61. The average Bonchev–Trinajstić information content (AvgIpc) is 3.13. The molecular formula is C23H21N5OS. The zero-order valence-electron chi connectivity index (χ0n) is 16.4. The number of H-pyrrole nitrogens is 2. The van der Waals surface area contributed by atoms with Crippen LogP contribution in [-0.2, 0) is 0 Å². The summed E-state index contributed by atoms with van der Waals surface area (Å²) in [5.74, 6) is 0.554. The van der Waals surface area contributed by atoms with Gasteiger partial charge in [0, 0.05) is 44.7 Å². The highest BCUT2D eigenvalue weighted by molar-refractivity contribution is 7.22. The van der Waals surface area contributed by atoms with E-state index in [0.29, 0.717) is 5.92 Å². The maximum Gasteiger partial charge on any atom is 0.326 e. The van der Waals surface area contributed by atoms with E-state index in [1.165, 1.54) is 46.5 Å². The van der Waals surface area contributed by atoms with Crippen LogP contribution in [0.5, 0.6) is 0 Å². The number of fused-ring (bicyclic) bond motifs is 4. The smallest absolute Gasteiger partial charge is 0.326 e. The van der Waals surface area contributed by atoms with E-state index in [1.807, 2.05) is 23.2 Å². The van der Waals surface area contributed by atoms with Gasteiger partial charge in [0.05, 0.1) is 22.6 Å². The Kier molecular flexibility index (Phi) is 3.39. The van der Waals surface area contributed by atoms with Gasteiger partial charge in [0.15, 0.2) is 0 Å². The number of nitrogens with one attached hydrogen (secondary N) is 2. The van der Waals surface area contributed by atoms with Gasteiger partial charge in [-0.15, -0.1) is 11.3 Å². The fourth-order valence-electron chi connectivity index (χ4n) is 5.23. The predicted molar refractivity (Wildman–Crippen MR) is 120 cm³/mol. The molecule has 0 spiro atoms. The van der Waals surface area contributed by atoms with Gasteiger partial charge in [-0.05, 0) is 43.7 Å². The summed E-state index contributed by atoms with van der Waals surface area (Å²) < 4.78 is 3.26. The first-order chi connectivity index (χ1) is 14.8. The molecule has 0 atom stereocenters. The Labute approximate surface area is 176 Å². The van der Waals surface area contributed by atoms with Crippen molar-refractivity contribution in [1.29, 1.82) is 0 Å². The van der Waals surface area contributed by atoms with Gasteiger partial charge in [-0.3, -0.25) is 9.55 Å². The molecule has 2 N–H and O–H groups in total. The minimum absolute atomic E-state index is 0.00753. The van der Waals surface area contributed by atoms with Crippen molar-refractivity contribution in [2.75, 3.05) is 0 Å². The predicted octanol–water partition coefficient (Wildman–Crippen LogP) is 5.48. The number of nitrogens with zero attached hydrogens (tertiary/aromatic N) is 3. The first-order valence-electron chi connectivity index (χ1n) is 10.8. The minimum Gasteiger partial charge on any atom is -0.342 e. The highest BCUT2D eigenvalue weighted by Crippen LogP contribution is 2.50. The number of aromatic amines is 2. The van der Waals surface area contributed by atoms with E-state index in [1.54, 1.807) is 11.3 Å². The zero-order valence-corrected chi connectivity index (χ0v) is 17.3. The Morgan fingerprint density at radius 3 is 2.77 bits per heavy atom. The Bertz CT molecular complexity index is 1460. The SMILES string of the molecule is O=c1[nH]c2cnc3[nH]c(C4CC4)c(-c4cc5cnccc5s4)c3c2n1C1CCCC1. The van der Waals surface area contributed by atoms with Gasteiger partial charge < -0.3 is 9.97 Å². The van der Waals surface area contributed by atoms with Crippen LogP contribution in [0.1, 0.15) is 56.2 Å². The van der Waals surface area contributed by atoms with Crippen molar-refractivity contribution in [2.45, 2.75) is 50.5 Å². The molecule has 2 aliphatic carbocycles. The summed E-state index contributed by atoms with van der Waals surface area (Å²) in [5, 5.41) is 2.26. The molecule has 0 aliphatic heterocycles. The molecule has 0 unspecified atom stereocenters. The number of aromatic nitrogens is 5. The fourth-order valence-corrected chi connectivity index (χ4v) is 6.32. The van der Waals surface area contributed by atoms with Crippen LogP contribution in [0.25, 0.3) is 42.6 Å². The van der Waals surface area contributed by atoms with E-state index in [0.717, 1.165) is 40.3 Å². The Hall–Kier alpha value is -2.93. The molecule has 2 aliphatic rings. The van der Waals surface area contributed by atoms with Crippen LogP contribution in [0, 0.1) is 0 Å². The lowest BCUT2D eigenvalue weighted by atomic mass is 10.1. The third-order valence-corrected chi connectivity index (χ3v) is 7.90. The van der Waals surface area contributed by atoms with Crippen molar-refractivity contribution in [3.63, 3.8) is 0 Å². The standard InChI is InChI=1S/C23H21N5OS/c29-23-26-15-11-25-22-19(21(15)28(23)14-3-1-2-4-14)18(20(27-22)12-5-6-12)17-9-13-10-24-8-7-16(13)30-17/h7-12,14H,1-6H2,(H,25,27)(H,26,29). The van der Waals surface area contributed by atoms with Crippen LogP contribution in [-0.4, -0.2) is 24.5 Å². The van der Waals surface area contributed by atoms with Crippen molar-refractivity contribution in [1.82, 2.24) is 24.5 Å². The van der Waals surface area contributed by atoms with Gasteiger partial charge in [-0.2, -0.15) is 0 Å². The number of rotatable bonds is 3. The van der Waals surface area contributed by atoms with Gasteiger partial charge in [-0.25, -0.2) is 9.78 Å². The molecule has 7 rings (SSSR count). The van der Waals surface area contributed by atoms with Gasteiger partial charge in [0.2, 0.25) is 0 Å². The highest BCUT2D eigenvalue weighted by atomic mass is 32.1. The fraction of sp³-hybridized carbons (Fsp3) is 0.348. The molecule has 0 bridgehead atoms. The summed E-state index contributed by atoms with van der Waals surface area (Å²) in [6.07, 6.45) is 12.5. The summed E-state index contributed by atoms with van der Waals surface area (Å²) in [4.78, 5) is 29.9. The topological polar surface area (TPSA) is 79.4 Å². The number of hydrogen-bond acceptors (Lipinski definition) is 4. The molecule has 30 heavy (non-hydrogen) atoms. The second-order valence-electron chi connectivity index (χ2n) is 8.69. The molecule has 2 fully saturated rings. The first kappa shape index (κ1) is 16.8. The van der Waals surface area contributed by atoms with Crippen molar-refractivity contribution in [2.24, 2.45) is 0 Å². The minimum atomic E-state index is -0.00753. The maximum absolute atomic E-state index is 13.0. The monoisotopic (exact) mass is 415 g/mol. The molecule has 0 aromatic carbocycles. The van der Waals surface area contributed by atoms with Gasteiger partial charge in [0.25, 0.3) is 0 Å². The number of pyridine rings is 2. The van der Waals surface area contributed by atoms with Gasteiger partial charge in [-0.1, -0.05) is 12.8 Å². The van der Waals surface area contributed by atoms with E-state index in [4.69, 9.17) is 4.98 Å². The van der Waals surface area contributed by atoms with Crippen LogP contribution in [0.4, 0.5) is 0 Å². The number of imidazole rings is 1. The summed E-state index contributed by atoms with van der Waals surface area (Å²) in [6.45, 7) is 0. The third-order valence-electron chi connectivity index (χ3n) is 6.76. The van der Waals surface area contributed by atoms with Crippen LogP contribution in [0.3, 0.4) is 0 Å². The Morgan fingerprint density at radius 1 is 1.10 bits per heavy atom.